The predicted octanol–water partition coefficient (Wildman–Crippen LogP) is 7.37. The standard InChI is InChI=1S/C32H37BrN2O6S/c1-32(2,3)41-25(36)19-40-27-26(33)28(42-29(27)30(37)39-4)22-13-9-15-24(18-22)35(31(34)38)23-14-8-12-21(17-23)16-20-10-6-5-7-11-20/h5-7,9-11,13,15,18,21,23H,8,12,14,16-17,19H2,1-4H3,(H2,34,38). The number of amides is 2. The summed E-state index contributed by atoms with van der Waals surface area (Å²) in [5, 5.41) is 0. The number of anilines is 1. The van der Waals surface area contributed by atoms with Crippen molar-refractivity contribution < 1.29 is 28.6 Å². The van der Waals surface area contributed by atoms with Crippen LogP contribution in [0, 0.1) is 5.92 Å². The van der Waals surface area contributed by atoms with E-state index in [2.05, 4.69) is 40.2 Å². The number of thiophene rings is 1. The molecular formula is C32H37BrN2O6S. The molecule has 2 N–H and O–H groups in total. The molecule has 224 valence electrons. The number of halogens is 1. The summed E-state index contributed by atoms with van der Waals surface area (Å²) in [6.45, 7) is 4.92. The molecule has 1 fully saturated rings. The van der Waals surface area contributed by atoms with Crippen LogP contribution in [0.25, 0.3) is 10.4 Å². The van der Waals surface area contributed by atoms with Gasteiger partial charge in [0.05, 0.1) is 16.5 Å². The first-order valence-corrected chi connectivity index (χ1v) is 15.6. The summed E-state index contributed by atoms with van der Waals surface area (Å²) in [6, 6.07) is 17.4. The average Bonchev–Trinajstić information content (AvgIpc) is 3.27. The van der Waals surface area contributed by atoms with E-state index in [1.807, 2.05) is 30.3 Å². The normalized spacial score (nSPS) is 16.9. The van der Waals surface area contributed by atoms with Gasteiger partial charge in [0.1, 0.15) is 5.60 Å². The zero-order chi connectivity index (χ0) is 30.4. The highest BCUT2D eigenvalue weighted by Gasteiger charge is 2.31. The van der Waals surface area contributed by atoms with E-state index in [0.29, 0.717) is 21.0 Å². The van der Waals surface area contributed by atoms with E-state index < -0.39 is 23.6 Å². The molecule has 2 atom stereocenters. The van der Waals surface area contributed by atoms with E-state index in [1.165, 1.54) is 24.0 Å². The molecule has 4 rings (SSSR count). The fourth-order valence-electron chi connectivity index (χ4n) is 5.38. The molecule has 0 aliphatic heterocycles. The number of hydrogen-bond donors (Lipinski definition) is 1. The first kappa shape index (κ1) is 31.6. The molecule has 42 heavy (non-hydrogen) atoms. The van der Waals surface area contributed by atoms with Gasteiger partial charge in [-0.3, -0.25) is 4.90 Å². The first-order valence-electron chi connectivity index (χ1n) is 13.9. The lowest BCUT2D eigenvalue weighted by Crippen LogP contribution is -2.46. The minimum atomic E-state index is -0.671. The quantitative estimate of drug-likeness (QED) is 0.241. The maximum atomic E-state index is 12.8. The Labute approximate surface area is 259 Å². The molecule has 3 aromatic rings. The Bertz CT molecular complexity index is 1420. The van der Waals surface area contributed by atoms with Crippen molar-refractivity contribution in [1.82, 2.24) is 0 Å². The van der Waals surface area contributed by atoms with Crippen molar-refractivity contribution in [3.63, 3.8) is 0 Å². The third-order valence-electron chi connectivity index (χ3n) is 7.05. The van der Waals surface area contributed by atoms with Gasteiger partial charge in [-0.1, -0.05) is 48.9 Å². The molecule has 1 aromatic heterocycles. The molecule has 1 saturated carbocycles. The number of hydrogen-bond acceptors (Lipinski definition) is 7. The molecule has 0 radical (unpaired) electrons. The van der Waals surface area contributed by atoms with Crippen LogP contribution < -0.4 is 15.4 Å². The molecule has 1 heterocycles. The van der Waals surface area contributed by atoms with Crippen LogP contribution in [0.2, 0.25) is 0 Å². The van der Waals surface area contributed by atoms with Crippen molar-refractivity contribution in [3.05, 3.63) is 69.5 Å². The van der Waals surface area contributed by atoms with E-state index in [4.69, 9.17) is 19.9 Å². The maximum Gasteiger partial charge on any atom is 0.351 e. The molecule has 2 aromatic carbocycles. The van der Waals surface area contributed by atoms with Gasteiger partial charge >= 0.3 is 18.0 Å². The smallest absolute Gasteiger partial charge is 0.351 e. The zero-order valence-corrected chi connectivity index (χ0v) is 26.8. The van der Waals surface area contributed by atoms with E-state index in [9.17, 15) is 14.4 Å². The van der Waals surface area contributed by atoms with Gasteiger partial charge in [0.2, 0.25) is 0 Å². The van der Waals surface area contributed by atoms with Gasteiger partial charge in [0.25, 0.3) is 0 Å². The van der Waals surface area contributed by atoms with Crippen LogP contribution in [0.4, 0.5) is 10.5 Å². The van der Waals surface area contributed by atoms with Crippen molar-refractivity contribution in [2.24, 2.45) is 11.7 Å². The highest BCUT2D eigenvalue weighted by atomic mass is 79.9. The molecule has 0 spiro atoms. The summed E-state index contributed by atoms with van der Waals surface area (Å²) in [5.74, 6) is -0.501. The lowest BCUT2D eigenvalue weighted by Gasteiger charge is -2.37. The van der Waals surface area contributed by atoms with E-state index in [0.717, 1.165) is 37.7 Å². The minimum absolute atomic E-state index is 0.0228. The van der Waals surface area contributed by atoms with Crippen LogP contribution in [-0.2, 0) is 20.7 Å². The van der Waals surface area contributed by atoms with Crippen LogP contribution in [0.15, 0.2) is 59.1 Å². The summed E-state index contributed by atoms with van der Waals surface area (Å²) < 4.78 is 16.6. The lowest BCUT2D eigenvalue weighted by molar-refractivity contribution is -0.157. The van der Waals surface area contributed by atoms with Crippen molar-refractivity contribution in [2.45, 2.75) is 64.5 Å². The number of nitrogens with zero attached hydrogens (tertiary/aromatic N) is 1. The van der Waals surface area contributed by atoms with Crippen LogP contribution in [0.3, 0.4) is 0 Å². The number of urea groups is 1. The Morgan fingerprint density at radius 3 is 2.48 bits per heavy atom. The monoisotopic (exact) mass is 656 g/mol. The molecule has 8 nitrogen and oxygen atoms in total. The molecule has 0 saturated heterocycles. The number of rotatable bonds is 9. The number of benzene rings is 2. The highest BCUT2D eigenvalue weighted by molar-refractivity contribution is 9.10. The van der Waals surface area contributed by atoms with Gasteiger partial charge < -0.3 is 19.9 Å². The molecule has 10 heteroatoms. The molecular weight excluding hydrogens is 620 g/mol. The SMILES string of the molecule is COC(=O)c1sc(-c2cccc(N(C(N)=O)C3CCCC(Cc4ccccc4)C3)c2)c(Br)c1OCC(=O)OC(C)(C)C. The van der Waals surface area contributed by atoms with Gasteiger partial charge in [0, 0.05) is 11.7 Å². The Morgan fingerprint density at radius 1 is 1.07 bits per heavy atom. The van der Waals surface area contributed by atoms with Crippen LogP contribution >= 0.6 is 27.3 Å². The maximum absolute atomic E-state index is 12.8. The van der Waals surface area contributed by atoms with Crippen molar-refractivity contribution in [3.8, 4) is 16.2 Å². The molecule has 1 aliphatic carbocycles. The summed E-state index contributed by atoms with van der Waals surface area (Å²) in [6.07, 6.45) is 4.83. The Kier molecular flexibility index (Phi) is 10.3. The fourth-order valence-corrected chi connectivity index (χ4v) is 7.35. The third kappa shape index (κ3) is 7.92. The Morgan fingerprint density at radius 2 is 1.81 bits per heavy atom. The minimum Gasteiger partial charge on any atom is -0.479 e. The summed E-state index contributed by atoms with van der Waals surface area (Å²) in [5.41, 5.74) is 8.03. The largest absolute Gasteiger partial charge is 0.479 e. The van der Waals surface area contributed by atoms with Crippen molar-refractivity contribution in [2.75, 3.05) is 18.6 Å². The van der Waals surface area contributed by atoms with Gasteiger partial charge in [-0.2, -0.15) is 0 Å². The average molecular weight is 658 g/mol. The topological polar surface area (TPSA) is 108 Å². The Balaban J connectivity index is 1.60. The molecule has 0 bridgehead atoms. The first-order chi connectivity index (χ1) is 20.0. The third-order valence-corrected chi connectivity index (χ3v) is 9.26. The van der Waals surface area contributed by atoms with Crippen molar-refractivity contribution >= 4 is 50.9 Å². The van der Waals surface area contributed by atoms with Crippen molar-refractivity contribution in [1.29, 1.82) is 0 Å². The lowest BCUT2D eigenvalue weighted by atomic mass is 9.81. The summed E-state index contributed by atoms with van der Waals surface area (Å²) in [7, 11) is 1.29. The number of ether oxygens (including phenoxy) is 3. The summed E-state index contributed by atoms with van der Waals surface area (Å²) >= 11 is 4.74. The second-order valence-electron chi connectivity index (χ2n) is 11.4. The molecule has 1 aliphatic rings. The molecule has 2 amide bonds. The Hall–Kier alpha value is -3.37. The molecule has 2 unspecified atom stereocenters. The number of primary amides is 1. The van der Waals surface area contributed by atoms with Gasteiger partial charge in [0.15, 0.2) is 17.2 Å². The second-order valence-corrected chi connectivity index (χ2v) is 13.2. The summed E-state index contributed by atoms with van der Waals surface area (Å²) in [4.78, 5) is 40.4. The zero-order valence-electron chi connectivity index (χ0n) is 24.4. The van der Waals surface area contributed by atoms with Crippen LogP contribution in [0.1, 0.15) is 61.7 Å². The highest BCUT2D eigenvalue weighted by Crippen LogP contribution is 2.47. The van der Waals surface area contributed by atoms with Gasteiger partial charge in [-0.15, -0.1) is 11.3 Å². The van der Waals surface area contributed by atoms with E-state index in [1.54, 1.807) is 25.7 Å². The van der Waals surface area contributed by atoms with Gasteiger partial charge in [-0.25, -0.2) is 14.4 Å². The van der Waals surface area contributed by atoms with Crippen LogP contribution in [-0.4, -0.2) is 43.3 Å². The van der Waals surface area contributed by atoms with E-state index >= 15 is 0 Å². The number of nitrogens with two attached hydrogens (primary N) is 1. The fraction of sp³-hybridized carbons (Fsp3) is 0.406. The number of carbonyl (C=O) groups excluding carboxylic acids is 3. The van der Waals surface area contributed by atoms with E-state index in [-0.39, 0.29) is 23.3 Å². The van der Waals surface area contributed by atoms with Crippen LogP contribution in [0.5, 0.6) is 5.75 Å². The number of carbonyl (C=O) groups is 3. The number of esters is 2. The van der Waals surface area contributed by atoms with Gasteiger partial charge in [-0.05, 0) is 91.6 Å². The number of methoxy groups -OCH3 is 1. The second kappa shape index (κ2) is 13.7. The predicted molar refractivity (Wildman–Crippen MR) is 168 cm³/mol.